The first-order chi connectivity index (χ1) is 8.49. The molecule has 0 amide bonds. The molecule has 0 aromatic heterocycles. The molecule has 0 bridgehead atoms. The van der Waals surface area contributed by atoms with Crippen molar-refractivity contribution >= 4 is 22.7 Å². The number of nitrogen functional groups attached to an aromatic ring is 2. The lowest BCUT2D eigenvalue weighted by Gasteiger charge is -2.14. The van der Waals surface area contributed by atoms with Gasteiger partial charge in [0.05, 0.1) is 11.4 Å². The van der Waals surface area contributed by atoms with E-state index >= 15 is 0 Å². The second-order valence-electron chi connectivity index (χ2n) is 4.38. The summed E-state index contributed by atoms with van der Waals surface area (Å²) in [7, 11) is 0. The van der Waals surface area contributed by atoms with Gasteiger partial charge in [-0.3, -0.25) is 0 Å². The molecule has 0 atom stereocenters. The standard InChI is InChI=1S/C14H17N3O/c1-8-7-12(13(16)9(2)14(8)18)17-11-5-3-10(15)4-6-11/h3-7,17-18H,15-16H2,1-2H3. The van der Waals surface area contributed by atoms with Crippen molar-refractivity contribution in [3.05, 3.63) is 41.5 Å². The third kappa shape index (κ3) is 2.18. The number of hydrogen-bond donors (Lipinski definition) is 4. The van der Waals surface area contributed by atoms with Crippen molar-refractivity contribution in [2.75, 3.05) is 16.8 Å². The van der Waals surface area contributed by atoms with Crippen molar-refractivity contribution in [3.63, 3.8) is 0 Å². The van der Waals surface area contributed by atoms with Gasteiger partial charge in [-0.25, -0.2) is 0 Å². The Labute approximate surface area is 106 Å². The Morgan fingerprint density at radius 1 is 1.06 bits per heavy atom. The minimum absolute atomic E-state index is 0.246. The third-order valence-electron chi connectivity index (χ3n) is 2.97. The van der Waals surface area contributed by atoms with Gasteiger partial charge in [-0.15, -0.1) is 0 Å². The molecule has 4 heteroatoms. The molecular weight excluding hydrogens is 226 g/mol. The fourth-order valence-corrected chi connectivity index (χ4v) is 1.81. The number of benzene rings is 2. The fraction of sp³-hybridized carbons (Fsp3) is 0.143. The summed E-state index contributed by atoms with van der Waals surface area (Å²) in [6, 6.07) is 9.23. The van der Waals surface area contributed by atoms with Crippen LogP contribution in [0.2, 0.25) is 0 Å². The smallest absolute Gasteiger partial charge is 0.123 e. The van der Waals surface area contributed by atoms with Crippen LogP contribution in [0.1, 0.15) is 11.1 Å². The maximum Gasteiger partial charge on any atom is 0.123 e. The lowest BCUT2D eigenvalue weighted by atomic mass is 10.1. The molecule has 0 unspecified atom stereocenters. The topological polar surface area (TPSA) is 84.3 Å². The van der Waals surface area contributed by atoms with Gasteiger partial charge < -0.3 is 21.9 Å². The van der Waals surface area contributed by atoms with Gasteiger partial charge in [0, 0.05) is 16.9 Å². The first kappa shape index (κ1) is 12.1. The normalized spacial score (nSPS) is 10.3. The average molecular weight is 243 g/mol. The maximum atomic E-state index is 9.79. The van der Waals surface area contributed by atoms with Crippen LogP contribution in [0, 0.1) is 13.8 Å². The molecule has 0 saturated carbocycles. The van der Waals surface area contributed by atoms with Crippen LogP contribution < -0.4 is 16.8 Å². The molecule has 18 heavy (non-hydrogen) atoms. The highest BCUT2D eigenvalue weighted by Crippen LogP contribution is 2.34. The summed E-state index contributed by atoms with van der Waals surface area (Å²) >= 11 is 0. The van der Waals surface area contributed by atoms with Gasteiger partial charge in [0.1, 0.15) is 5.75 Å². The second kappa shape index (κ2) is 4.49. The summed E-state index contributed by atoms with van der Waals surface area (Å²) in [6.45, 7) is 3.64. The number of hydrogen-bond acceptors (Lipinski definition) is 4. The minimum atomic E-state index is 0.246. The van der Waals surface area contributed by atoms with Crippen LogP contribution >= 0.6 is 0 Å². The molecule has 0 aliphatic carbocycles. The lowest BCUT2D eigenvalue weighted by Crippen LogP contribution is -2.00. The molecule has 4 nitrogen and oxygen atoms in total. The molecule has 0 fully saturated rings. The fourth-order valence-electron chi connectivity index (χ4n) is 1.81. The number of aromatic hydroxyl groups is 1. The highest BCUT2D eigenvalue weighted by atomic mass is 16.3. The molecule has 2 aromatic carbocycles. The molecule has 0 radical (unpaired) electrons. The predicted molar refractivity (Wildman–Crippen MR) is 76.1 cm³/mol. The van der Waals surface area contributed by atoms with E-state index in [1.54, 1.807) is 6.92 Å². The Kier molecular flexibility index (Phi) is 3.02. The highest BCUT2D eigenvalue weighted by Gasteiger charge is 2.09. The van der Waals surface area contributed by atoms with E-state index in [9.17, 15) is 5.11 Å². The van der Waals surface area contributed by atoms with Gasteiger partial charge in [-0.2, -0.15) is 0 Å². The van der Waals surface area contributed by atoms with Crippen LogP contribution in [-0.4, -0.2) is 5.11 Å². The number of rotatable bonds is 2. The largest absolute Gasteiger partial charge is 0.507 e. The van der Waals surface area contributed by atoms with Crippen LogP contribution in [0.5, 0.6) is 5.75 Å². The Hall–Kier alpha value is -2.36. The van der Waals surface area contributed by atoms with Crippen molar-refractivity contribution in [1.29, 1.82) is 0 Å². The number of aryl methyl sites for hydroxylation is 1. The highest BCUT2D eigenvalue weighted by molar-refractivity contribution is 5.78. The van der Waals surface area contributed by atoms with Gasteiger partial charge in [0.2, 0.25) is 0 Å². The Morgan fingerprint density at radius 3 is 2.28 bits per heavy atom. The quantitative estimate of drug-likeness (QED) is 0.482. The Morgan fingerprint density at radius 2 is 1.67 bits per heavy atom. The van der Waals surface area contributed by atoms with Crippen LogP contribution in [0.15, 0.2) is 30.3 Å². The molecule has 6 N–H and O–H groups in total. The lowest BCUT2D eigenvalue weighted by molar-refractivity contribution is 0.467. The number of phenols is 1. The van der Waals surface area contributed by atoms with E-state index in [0.29, 0.717) is 16.9 Å². The van der Waals surface area contributed by atoms with Gasteiger partial charge in [-0.05, 0) is 49.7 Å². The molecule has 2 aromatic rings. The van der Waals surface area contributed by atoms with Crippen LogP contribution in [0.25, 0.3) is 0 Å². The van der Waals surface area contributed by atoms with Gasteiger partial charge in [-0.1, -0.05) is 0 Å². The SMILES string of the molecule is Cc1cc(Nc2ccc(N)cc2)c(N)c(C)c1O. The summed E-state index contributed by atoms with van der Waals surface area (Å²) in [5.41, 5.74) is 16.0. The average Bonchev–Trinajstić information content (AvgIpc) is 2.36. The minimum Gasteiger partial charge on any atom is -0.507 e. The summed E-state index contributed by atoms with van der Waals surface area (Å²) < 4.78 is 0. The van der Waals surface area contributed by atoms with Gasteiger partial charge in [0.15, 0.2) is 0 Å². The van der Waals surface area contributed by atoms with Gasteiger partial charge in [0.25, 0.3) is 0 Å². The number of nitrogens with one attached hydrogen (secondary N) is 1. The zero-order chi connectivity index (χ0) is 13.3. The molecule has 0 heterocycles. The van der Waals surface area contributed by atoms with Crippen molar-refractivity contribution in [3.8, 4) is 5.75 Å². The zero-order valence-electron chi connectivity index (χ0n) is 10.5. The molecular formula is C14H17N3O. The van der Waals surface area contributed by atoms with E-state index in [1.165, 1.54) is 0 Å². The molecule has 2 rings (SSSR count). The zero-order valence-corrected chi connectivity index (χ0v) is 10.5. The maximum absolute atomic E-state index is 9.79. The summed E-state index contributed by atoms with van der Waals surface area (Å²) in [5.74, 6) is 0.246. The van der Waals surface area contributed by atoms with Crippen molar-refractivity contribution in [1.82, 2.24) is 0 Å². The number of nitrogens with two attached hydrogens (primary N) is 2. The molecule has 0 saturated heterocycles. The first-order valence-corrected chi connectivity index (χ1v) is 5.70. The first-order valence-electron chi connectivity index (χ1n) is 5.70. The Bertz CT molecular complexity index is 577. The summed E-state index contributed by atoms with van der Waals surface area (Å²) in [5, 5.41) is 13.0. The molecule has 0 spiro atoms. The van der Waals surface area contributed by atoms with E-state index in [1.807, 2.05) is 37.3 Å². The second-order valence-corrected chi connectivity index (χ2v) is 4.38. The van der Waals surface area contributed by atoms with Crippen molar-refractivity contribution in [2.24, 2.45) is 0 Å². The van der Waals surface area contributed by atoms with E-state index in [4.69, 9.17) is 11.5 Å². The van der Waals surface area contributed by atoms with E-state index in [2.05, 4.69) is 5.32 Å². The summed E-state index contributed by atoms with van der Waals surface area (Å²) in [4.78, 5) is 0. The van der Waals surface area contributed by atoms with Crippen molar-refractivity contribution in [2.45, 2.75) is 13.8 Å². The van der Waals surface area contributed by atoms with Crippen molar-refractivity contribution < 1.29 is 5.11 Å². The third-order valence-corrected chi connectivity index (χ3v) is 2.97. The van der Waals surface area contributed by atoms with E-state index in [0.717, 1.165) is 16.9 Å². The van der Waals surface area contributed by atoms with E-state index in [-0.39, 0.29) is 5.75 Å². The van der Waals surface area contributed by atoms with Crippen LogP contribution in [0.4, 0.5) is 22.7 Å². The molecule has 0 aliphatic heterocycles. The molecule has 94 valence electrons. The van der Waals surface area contributed by atoms with Crippen LogP contribution in [-0.2, 0) is 0 Å². The van der Waals surface area contributed by atoms with Gasteiger partial charge >= 0.3 is 0 Å². The Balaban J connectivity index is 2.38. The molecule has 0 aliphatic rings. The monoisotopic (exact) mass is 243 g/mol. The number of anilines is 4. The number of phenolic OH excluding ortho intramolecular Hbond substituents is 1. The predicted octanol–water partition coefficient (Wildman–Crippen LogP) is 2.92. The van der Waals surface area contributed by atoms with E-state index < -0.39 is 0 Å². The summed E-state index contributed by atoms with van der Waals surface area (Å²) in [6.07, 6.45) is 0. The van der Waals surface area contributed by atoms with Crippen LogP contribution in [0.3, 0.4) is 0 Å².